The van der Waals surface area contributed by atoms with Crippen molar-refractivity contribution < 1.29 is 23.4 Å². The van der Waals surface area contributed by atoms with Gasteiger partial charge in [-0.1, -0.05) is 0 Å². The Morgan fingerprint density at radius 2 is 1.77 bits per heavy atom. The van der Waals surface area contributed by atoms with Crippen molar-refractivity contribution in [2.75, 3.05) is 13.7 Å². The van der Waals surface area contributed by atoms with E-state index in [9.17, 15) is 9.18 Å². The summed E-state index contributed by atoms with van der Waals surface area (Å²) in [7, 11) is 1.55. The van der Waals surface area contributed by atoms with Gasteiger partial charge in [-0.05, 0) is 49.4 Å². The highest BCUT2D eigenvalue weighted by molar-refractivity contribution is 5.91. The van der Waals surface area contributed by atoms with Gasteiger partial charge < -0.3 is 14.2 Å². The van der Waals surface area contributed by atoms with Crippen molar-refractivity contribution in [3.8, 4) is 11.5 Å². The third-order valence-electron chi connectivity index (χ3n) is 3.02. The highest BCUT2D eigenvalue weighted by atomic mass is 19.1. The molecule has 0 radical (unpaired) electrons. The van der Waals surface area contributed by atoms with Crippen LogP contribution in [-0.4, -0.2) is 19.7 Å². The van der Waals surface area contributed by atoms with Crippen LogP contribution in [0.2, 0.25) is 0 Å². The molecule has 22 heavy (non-hydrogen) atoms. The number of hydrogen-bond acceptors (Lipinski definition) is 4. The molecule has 0 aliphatic carbocycles. The van der Waals surface area contributed by atoms with Crippen molar-refractivity contribution in [3.05, 3.63) is 59.4 Å². The number of carbonyl (C=O) groups is 1. The van der Waals surface area contributed by atoms with Crippen molar-refractivity contribution in [2.24, 2.45) is 0 Å². The molecule has 116 valence electrons. The molecule has 0 amide bonds. The second kappa shape index (κ2) is 7.45. The van der Waals surface area contributed by atoms with Crippen LogP contribution < -0.4 is 9.47 Å². The summed E-state index contributed by atoms with van der Waals surface area (Å²) in [6.45, 7) is 2.19. The lowest BCUT2D eigenvalue weighted by Gasteiger charge is -2.12. The van der Waals surface area contributed by atoms with Crippen LogP contribution in [0.5, 0.6) is 11.5 Å². The van der Waals surface area contributed by atoms with E-state index in [1.165, 1.54) is 24.3 Å². The van der Waals surface area contributed by atoms with Crippen molar-refractivity contribution >= 4 is 5.97 Å². The van der Waals surface area contributed by atoms with Crippen LogP contribution >= 0.6 is 0 Å². The number of halogens is 1. The van der Waals surface area contributed by atoms with Gasteiger partial charge in [-0.2, -0.15) is 0 Å². The lowest BCUT2D eigenvalue weighted by atomic mass is 10.1. The van der Waals surface area contributed by atoms with Gasteiger partial charge in [0.15, 0.2) is 0 Å². The maximum Gasteiger partial charge on any atom is 0.338 e. The van der Waals surface area contributed by atoms with Crippen molar-refractivity contribution in [1.29, 1.82) is 0 Å². The van der Waals surface area contributed by atoms with Crippen LogP contribution in [-0.2, 0) is 11.3 Å². The zero-order valence-corrected chi connectivity index (χ0v) is 12.5. The normalized spacial score (nSPS) is 10.1. The molecule has 4 nitrogen and oxygen atoms in total. The van der Waals surface area contributed by atoms with Crippen LogP contribution in [0.15, 0.2) is 42.5 Å². The molecule has 0 fully saturated rings. The van der Waals surface area contributed by atoms with Gasteiger partial charge in [0.05, 0.1) is 19.3 Å². The zero-order chi connectivity index (χ0) is 15.9. The minimum atomic E-state index is -0.414. The molecular weight excluding hydrogens is 287 g/mol. The van der Waals surface area contributed by atoms with Crippen LogP contribution in [0, 0.1) is 5.82 Å². The number of ether oxygens (including phenoxy) is 3. The lowest BCUT2D eigenvalue weighted by molar-refractivity contribution is 0.0523. The third-order valence-corrected chi connectivity index (χ3v) is 3.02. The van der Waals surface area contributed by atoms with E-state index in [1.54, 1.807) is 32.2 Å². The highest BCUT2D eigenvalue weighted by Gasteiger charge is 2.14. The molecule has 0 bridgehead atoms. The van der Waals surface area contributed by atoms with Crippen molar-refractivity contribution in [2.45, 2.75) is 13.5 Å². The summed E-state index contributed by atoms with van der Waals surface area (Å²) < 4.78 is 28.6. The van der Waals surface area contributed by atoms with E-state index in [0.717, 1.165) is 0 Å². The molecule has 0 unspecified atom stereocenters. The molecule has 0 saturated heterocycles. The molecule has 0 atom stereocenters. The number of benzene rings is 2. The zero-order valence-electron chi connectivity index (χ0n) is 12.5. The Labute approximate surface area is 128 Å². The standard InChI is InChI=1S/C17H17FO4/c1-3-21-17(19)16-9-8-15(20-2)10-12(16)11-22-14-6-4-13(18)5-7-14/h4-10H,3,11H2,1-2H3. The number of rotatable bonds is 6. The van der Waals surface area contributed by atoms with E-state index < -0.39 is 5.97 Å². The van der Waals surface area contributed by atoms with Crippen LogP contribution in [0.1, 0.15) is 22.8 Å². The summed E-state index contributed by atoms with van der Waals surface area (Å²) in [4.78, 5) is 12.0. The van der Waals surface area contributed by atoms with E-state index >= 15 is 0 Å². The predicted octanol–water partition coefficient (Wildman–Crippen LogP) is 3.59. The number of esters is 1. The average molecular weight is 304 g/mol. The van der Waals surface area contributed by atoms with Gasteiger partial charge in [-0.25, -0.2) is 9.18 Å². The van der Waals surface area contributed by atoms with Crippen LogP contribution in [0.4, 0.5) is 4.39 Å². The van der Waals surface area contributed by atoms with Gasteiger partial charge in [0.25, 0.3) is 0 Å². The predicted molar refractivity (Wildman–Crippen MR) is 79.7 cm³/mol. The Hall–Kier alpha value is -2.56. The summed E-state index contributed by atoms with van der Waals surface area (Å²) >= 11 is 0. The minimum absolute atomic E-state index is 0.150. The van der Waals surface area contributed by atoms with Gasteiger partial charge in [0.1, 0.15) is 23.9 Å². The van der Waals surface area contributed by atoms with Gasteiger partial charge in [-0.15, -0.1) is 0 Å². The van der Waals surface area contributed by atoms with E-state index in [4.69, 9.17) is 14.2 Å². The molecule has 0 aromatic heterocycles. The van der Waals surface area contributed by atoms with E-state index in [0.29, 0.717) is 29.2 Å². The summed E-state index contributed by atoms with van der Waals surface area (Å²) in [5.74, 6) is 0.383. The molecule has 0 N–H and O–H groups in total. The average Bonchev–Trinajstić information content (AvgIpc) is 2.54. The number of methoxy groups -OCH3 is 1. The number of carbonyl (C=O) groups excluding carboxylic acids is 1. The molecule has 2 aromatic rings. The van der Waals surface area contributed by atoms with E-state index in [1.807, 2.05) is 0 Å². The monoisotopic (exact) mass is 304 g/mol. The molecule has 2 aromatic carbocycles. The fourth-order valence-corrected chi connectivity index (χ4v) is 1.92. The lowest BCUT2D eigenvalue weighted by Crippen LogP contribution is -2.10. The van der Waals surface area contributed by atoms with Crippen LogP contribution in [0.25, 0.3) is 0 Å². The molecule has 0 aliphatic rings. The molecule has 0 saturated carbocycles. The SMILES string of the molecule is CCOC(=O)c1ccc(OC)cc1COc1ccc(F)cc1. The van der Waals surface area contributed by atoms with Crippen molar-refractivity contribution in [1.82, 2.24) is 0 Å². The van der Waals surface area contributed by atoms with Gasteiger partial charge >= 0.3 is 5.97 Å². The fraction of sp³-hybridized carbons (Fsp3) is 0.235. The van der Waals surface area contributed by atoms with Crippen molar-refractivity contribution in [3.63, 3.8) is 0 Å². The van der Waals surface area contributed by atoms with Gasteiger partial charge in [-0.3, -0.25) is 0 Å². The van der Waals surface area contributed by atoms with E-state index in [2.05, 4.69) is 0 Å². The van der Waals surface area contributed by atoms with Gasteiger partial charge in [0, 0.05) is 5.56 Å². The first kappa shape index (κ1) is 15.8. The van der Waals surface area contributed by atoms with Gasteiger partial charge in [0.2, 0.25) is 0 Å². The Kier molecular flexibility index (Phi) is 5.36. The Morgan fingerprint density at radius 1 is 1.09 bits per heavy atom. The molecule has 0 spiro atoms. The smallest absolute Gasteiger partial charge is 0.338 e. The van der Waals surface area contributed by atoms with E-state index in [-0.39, 0.29) is 12.4 Å². The first-order valence-corrected chi connectivity index (χ1v) is 6.86. The molecular formula is C17H17FO4. The molecule has 5 heteroatoms. The Balaban J connectivity index is 2.19. The van der Waals surface area contributed by atoms with Crippen LogP contribution in [0.3, 0.4) is 0 Å². The largest absolute Gasteiger partial charge is 0.497 e. The maximum atomic E-state index is 12.9. The summed E-state index contributed by atoms with van der Waals surface area (Å²) in [5, 5.41) is 0. The Bertz CT molecular complexity index is 638. The number of hydrogen-bond donors (Lipinski definition) is 0. The summed E-state index contributed by atoms with van der Waals surface area (Å²) in [6.07, 6.45) is 0. The molecule has 2 rings (SSSR count). The highest BCUT2D eigenvalue weighted by Crippen LogP contribution is 2.21. The first-order chi connectivity index (χ1) is 10.6. The first-order valence-electron chi connectivity index (χ1n) is 6.86. The second-order valence-electron chi connectivity index (χ2n) is 4.49. The third kappa shape index (κ3) is 3.97. The maximum absolute atomic E-state index is 12.9. The minimum Gasteiger partial charge on any atom is -0.497 e. The molecule has 0 heterocycles. The topological polar surface area (TPSA) is 44.8 Å². The summed E-state index contributed by atoms with van der Waals surface area (Å²) in [5.41, 5.74) is 1.06. The fourth-order valence-electron chi connectivity index (χ4n) is 1.92. The molecule has 0 aliphatic heterocycles. The second-order valence-corrected chi connectivity index (χ2v) is 4.49. The quantitative estimate of drug-likeness (QED) is 0.765. The Morgan fingerprint density at radius 3 is 2.41 bits per heavy atom. The summed E-state index contributed by atoms with van der Waals surface area (Å²) in [6, 6.07) is 10.7.